The Hall–Kier alpha value is -3.64. The van der Waals surface area contributed by atoms with Crippen molar-refractivity contribution >= 4 is 11.7 Å². The van der Waals surface area contributed by atoms with Crippen molar-refractivity contribution in [3.63, 3.8) is 0 Å². The SMILES string of the molecule is CC=CN1CC[C@H](n2nc(C#Cc3cc(OC)cc(OC)c3)c(C(N)=O)c2NCCN2CCCC2)C1. The van der Waals surface area contributed by atoms with Crippen LogP contribution in [0, 0.1) is 11.8 Å². The van der Waals surface area contributed by atoms with Crippen LogP contribution in [0.3, 0.4) is 0 Å². The zero-order valence-electron chi connectivity index (χ0n) is 21.4. The molecule has 3 N–H and O–H groups in total. The third kappa shape index (κ3) is 5.94. The second kappa shape index (κ2) is 11.9. The number of nitrogens with one attached hydrogen (secondary N) is 1. The summed E-state index contributed by atoms with van der Waals surface area (Å²) in [4.78, 5) is 17.3. The zero-order chi connectivity index (χ0) is 25.5. The lowest BCUT2D eigenvalue weighted by molar-refractivity contribution is 0.100. The number of allylic oxidation sites excluding steroid dienone is 1. The fourth-order valence-corrected chi connectivity index (χ4v) is 4.85. The first-order valence-electron chi connectivity index (χ1n) is 12.5. The first-order valence-corrected chi connectivity index (χ1v) is 12.5. The van der Waals surface area contributed by atoms with Gasteiger partial charge in [-0.3, -0.25) is 4.79 Å². The number of ether oxygens (including phenoxy) is 2. The van der Waals surface area contributed by atoms with E-state index in [1.54, 1.807) is 20.3 Å². The fourth-order valence-electron chi connectivity index (χ4n) is 4.85. The lowest BCUT2D eigenvalue weighted by atomic mass is 10.1. The lowest BCUT2D eigenvalue weighted by Crippen LogP contribution is -2.28. The van der Waals surface area contributed by atoms with Crippen molar-refractivity contribution < 1.29 is 14.3 Å². The first-order chi connectivity index (χ1) is 17.5. The first kappa shape index (κ1) is 25.5. The third-order valence-electron chi connectivity index (χ3n) is 6.65. The van der Waals surface area contributed by atoms with Crippen LogP contribution in [-0.4, -0.2) is 79.0 Å². The molecule has 36 heavy (non-hydrogen) atoms. The molecule has 192 valence electrons. The molecule has 2 saturated heterocycles. The second-order valence-electron chi connectivity index (χ2n) is 9.13. The summed E-state index contributed by atoms with van der Waals surface area (Å²) in [5.74, 6) is 7.60. The van der Waals surface area contributed by atoms with Crippen molar-refractivity contribution in [1.29, 1.82) is 0 Å². The number of hydrogen-bond donors (Lipinski definition) is 2. The Morgan fingerprint density at radius 3 is 2.53 bits per heavy atom. The molecule has 0 bridgehead atoms. The van der Waals surface area contributed by atoms with E-state index in [1.165, 1.54) is 12.8 Å². The monoisotopic (exact) mass is 492 g/mol. The molecule has 3 heterocycles. The van der Waals surface area contributed by atoms with Gasteiger partial charge in [0.25, 0.3) is 5.91 Å². The van der Waals surface area contributed by atoms with Gasteiger partial charge in [0.05, 0.1) is 20.3 Å². The molecule has 0 saturated carbocycles. The number of aromatic nitrogens is 2. The highest BCUT2D eigenvalue weighted by Crippen LogP contribution is 2.29. The number of carbonyl (C=O) groups is 1. The van der Waals surface area contributed by atoms with Gasteiger partial charge in [0.1, 0.15) is 22.9 Å². The van der Waals surface area contributed by atoms with Crippen LogP contribution in [0.2, 0.25) is 0 Å². The van der Waals surface area contributed by atoms with Gasteiger partial charge in [-0.2, -0.15) is 5.10 Å². The molecule has 2 aliphatic heterocycles. The number of anilines is 1. The van der Waals surface area contributed by atoms with E-state index in [2.05, 4.69) is 33.2 Å². The quantitative estimate of drug-likeness (QED) is 0.520. The average molecular weight is 493 g/mol. The van der Waals surface area contributed by atoms with E-state index in [9.17, 15) is 4.79 Å². The maximum Gasteiger partial charge on any atom is 0.255 e. The summed E-state index contributed by atoms with van der Waals surface area (Å²) in [6.07, 6.45) is 7.53. The summed E-state index contributed by atoms with van der Waals surface area (Å²) in [5, 5.41) is 8.29. The van der Waals surface area contributed by atoms with Gasteiger partial charge in [0.15, 0.2) is 5.69 Å². The Morgan fingerprint density at radius 2 is 1.89 bits per heavy atom. The van der Waals surface area contributed by atoms with E-state index in [0.717, 1.165) is 39.1 Å². The molecule has 9 heteroatoms. The van der Waals surface area contributed by atoms with Crippen LogP contribution in [0.5, 0.6) is 11.5 Å². The highest BCUT2D eigenvalue weighted by molar-refractivity contribution is 6.00. The van der Waals surface area contributed by atoms with Crippen LogP contribution in [-0.2, 0) is 0 Å². The molecule has 0 unspecified atom stereocenters. The third-order valence-corrected chi connectivity index (χ3v) is 6.65. The summed E-state index contributed by atoms with van der Waals surface area (Å²) in [5.41, 5.74) is 7.29. The molecule has 2 aromatic rings. The Kier molecular flexibility index (Phi) is 8.39. The zero-order valence-corrected chi connectivity index (χ0v) is 21.4. The fraction of sp³-hybridized carbons (Fsp3) is 0.481. The number of methoxy groups -OCH3 is 2. The van der Waals surface area contributed by atoms with Gasteiger partial charge in [0.2, 0.25) is 0 Å². The van der Waals surface area contributed by atoms with E-state index in [4.69, 9.17) is 20.3 Å². The van der Waals surface area contributed by atoms with Crippen LogP contribution < -0.4 is 20.5 Å². The predicted molar refractivity (Wildman–Crippen MR) is 140 cm³/mol. The van der Waals surface area contributed by atoms with Crippen LogP contribution in [0.1, 0.15) is 53.8 Å². The normalized spacial score (nSPS) is 17.9. The number of nitrogens with zero attached hydrogens (tertiary/aromatic N) is 4. The number of likely N-dealkylation sites (tertiary alicyclic amines) is 2. The molecular weight excluding hydrogens is 456 g/mol. The predicted octanol–water partition coefficient (Wildman–Crippen LogP) is 2.69. The second-order valence-corrected chi connectivity index (χ2v) is 9.13. The smallest absolute Gasteiger partial charge is 0.255 e. The minimum Gasteiger partial charge on any atom is -0.497 e. The van der Waals surface area contributed by atoms with Crippen LogP contribution in [0.25, 0.3) is 0 Å². The molecule has 1 atom stereocenters. The van der Waals surface area contributed by atoms with Gasteiger partial charge in [0, 0.05) is 37.8 Å². The highest BCUT2D eigenvalue weighted by atomic mass is 16.5. The van der Waals surface area contributed by atoms with Crippen molar-refractivity contribution in [1.82, 2.24) is 19.6 Å². The van der Waals surface area contributed by atoms with Gasteiger partial charge >= 0.3 is 0 Å². The Labute approximate surface area is 213 Å². The Balaban J connectivity index is 1.68. The molecule has 0 spiro atoms. The average Bonchev–Trinajstić information content (AvgIpc) is 3.63. The number of benzene rings is 1. The Morgan fingerprint density at radius 1 is 1.17 bits per heavy atom. The van der Waals surface area contributed by atoms with Crippen molar-refractivity contribution in [2.45, 2.75) is 32.2 Å². The van der Waals surface area contributed by atoms with Gasteiger partial charge in [-0.15, -0.1) is 0 Å². The van der Waals surface area contributed by atoms with E-state index < -0.39 is 5.91 Å². The molecule has 2 fully saturated rings. The molecule has 1 aromatic carbocycles. The summed E-state index contributed by atoms with van der Waals surface area (Å²) in [6, 6.07) is 5.53. The van der Waals surface area contributed by atoms with Crippen molar-refractivity contribution in [3.05, 3.63) is 47.3 Å². The standard InChI is InChI=1S/C27H36N6O3/c1-4-11-32-14-9-21(19-32)33-27(29-10-15-31-12-5-6-13-31)25(26(28)34)24(30-33)8-7-20-16-22(35-2)18-23(17-20)36-3/h4,11,16-18,21,29H,5-6,9-10,12-15,19H2,1-3H3,(H2,28,34)/t21-/m0/s1. The highest BCUT2D eigenvalue weighted by Gasteiger charge is 2.29. The van der Waals surface area contributed by atoms with Crippen LogP contribution in [0.4, 0.5) is 5.82 Å². The largest absolute Gasteiger partial charge is 0.497 e. The van der Waals surface area contributed by atoms with E-state index >= 15 is 0 Å². The van der Waals surface area contributed by atoms with Gasteiger partial charge in [-0.05, 0) is 63.5 Å². The number of amides is 1. The maximum atomic E-state index is 12.7. The van der Waals surface area contributed by atoms with Crippen molar-refractivity contribution in [2.75, 3.05) is 58.8 Å². The van der Waals surface area contributed by atoms with E-state index in [-0.39, 0.29) is 6.04 Å². The van der Waals surface area contributed by atoms with Gasteiger partial charge < -0.3 is 30.3 Å². The minimum atomic E-state index is -0.541. The summed E-state index contributed by atoms with van der Waals surface area (Å²) in [7, 11) is 3.19. The number of carbonyl (C=O) groups excluding carboxylic acids is 1. The number of primary amides is 1. The summed E-state index contributed by atoms with van der Waals surface area (Å²) < 4.78 is 12.6. The van der Waals surface area contributed by atoms with Crippen LogP contribution >= 0.6 is 0 Å². The molecule has 0 aliphatic carbocycles. The topological polar surface area (TPSA) is 97.9 Å². The summed E-state index contributed by atoms with van der Waals surface area (Å²) in [6.45, 7) is 7.60. The minimum absolute atomic E-state index is 0.112. The molecule has 9 nitrogen and oxygen atoms in total. The van der Waals surface area contributed by atoms with E-state index in [0.29, 0.717) is 40.7 Å². The lowest BCUT2D eigenvalue weighted by Gasteiger charge is -2.19. The number of hydrogen-bond acceptors (Lipinski definition) is 7. The maximum absolute atomic E-state index is 12.7. The molecule has 2 aliphatic rings. The van der Waals surface area contributed by atoms with Gasteiger partial charge in [-0.25, -0.2) is 4.68 Å². The van der Waals surface area contributed by atoms with Crippen molar-refractivity contribution in [3.8, 4) is 23.3 Å². The number of rotatable bonds is 9. The molecule has 4 rings (SSSR count). The summed E-state index contributed by atoms with van der Waals surface area (Å²) >= 11 is 0. The van der Waals surface area contributed by atoms with Crippen molar-refractivity contribution in [2.24, 2.45) is 5.73 Å². The van der Waals surface area contributed by atoms with E-state index in [1.807, 2.05) is 29.8 Å². The molecule has 0 radical (unpaired) electrons. The number of nitrogens with two attached hydrogens (primary N) is 1. The molecule has 1 aromatic heterocycles. The van der Waals surface area contributed by atoms with Gasteiger partial charge in [-0.1, -0.05) is 12.0 Å². The van der Waals surface area contributed by atoms with Crippen LogP contribution in [0.15, 0.2) is 30.5 Å². The molecular formula is C27H36N6O3. The Bertz CT molecular complexity index is 1130. The molecule has 1 amide bonds.